The van der Waals surface area contributed by atoms with E-state index in [4.69, 9.17) is 5.73 Å². The maximum absolute atomic E-state index is 13.0. The van der Waals surface area contributed by atoms with Gasteiger partial charge in [0.05, 0.1) is 0 Å². The second-order valence-electron chi connectivity index (χ2n) is 5.25. The standard InChI is InChI=1S/C16H26FN/c1-4-6-7-13(5-2)16(18)11-14-8-9-15(17)10-12(14)3/h8-10,13,16H,4-7,11,18H2,1-3H3. The second kappa shape index (κ2) is 7.52. The number of benzene rings is 1. The van der Waals surface area contributed by atoms with Gasteiger partial charge in [-0.15, -0.1) is 0 Å². The number of unbranched alkanes of at least 4 members (excludes halogenated alkanes) is 1. The lowest BCUT2D eigenvalue weighted by molar-refractivity contribution is 0.368. The normalized spacial score (nSPS) is 14.5. The van der Waals surface area contributed by atoms with E-state index >= 15 is 0 Å². The van der Waals surface area contributed by atoms with Crippen molar-refractivity contribution in [3.8, 4) is 0 Å². The summed E-state index contributed by atoms with van der Waals surface area (Å²) in [5.74, 6) is 0.414. The van der Waals surface area contributed by atoms with Gasteiger partial charge in [-0.05, 0) is 48.9 Å². The van der Waals surface area contributed by atoms with Crippen molar-refractivity contribution in [2.24, 2.45) is 11.7 Å². The Hall–Kier alpha value is -0.890. The molecule has 2 unspecified atom stereocenters. The first-order valence-corrected chi connectivity index (χ1v) is 7.09. The quantitative estimate of drug-likeness (QED) is 0.771. The number of halogens is 1. The first-order valence-electron chi connectivity index (χ1n) is 7.09. The highest BCUT2D eigenvalue weighted by molar-refractivity contribution is 5.27. The summed E-state index contributed by atoms with van der Waals surface area (Å²) in [5.41, 5.74) is 8.50. The third-order valence-electron chi connectivity index (χ3n) is 3.82. The van der Waals surface area contributed by atoms with Crippen LogP contribution in [-0.2, 0) is 6.42 Å². The second-order valence-corrected chi connectivity index (χ2v) is 5.25. The van der Waals surface area contributed by atoms with Gasteiger partial charge in [-0.25, -0.2) is 4.39 Å². The van der Waals surface area contributed by atoms with Crippen molar-refractivity contribution in [3.05, 3.63) is 35.1 Å². The first kappa shape index (κ1) is 15.2. The molecule has 0 aromatic heterocycles. The molecule has 0 heterocycles. The molecule has 0 saturated carbocycles. The zero-order chi connectivity index (χ0) is 13.5. The van der Waals surface area contributed by atoms with Gasteiger partial charge in [-0.3, -0.25) is 0 Å². The van der Waals surface area contributed by atoms with Crippen molar-refractivity contribution in [1.82, 2.24) is 0 Å². The predicted molar refractivity (Wildman–Crippen MR) is 76.1 cm³/mol. The van der Waals surface area contributed by atoms with Crippen molar-refractivity contribution < 1.29 is 4.39 Å². The number of aryl methyl sites for hydroxylation is 1. The lowest BCUT2D eigenvalue weighted by Crippen LogP contribution is -2.32. The average molecular weight is 251 g/mol. The number of hydrogen-bond donors (Lipinski definition) is 1. The van der Waals surface area contributed by atoms with Crippen LogP contribution in [0.2, 0.25) is 0 Å². The van der Waals surface area contributed by atoms with Crippen molar-refractivity contribution in [1.29, 1.82) is 0 Å². The fraction of sp³-hybridized carbons (Fsp3) is 0.625. The summed E-state index contributed by atoms with van der Waals surface area (Å²) in [5, 5.41) is 0. The van der Waals surface area contributed by atoms with Gasteiger partial charge in [0, 0.05) is 6.04 Å². The number of nitrogens with two attached hydrogens (primary N) is 1. The Morgan fingerprint density at radius 3 is 2.56 bits per heavy atom. The van der Waals surface area contributed by atoms with E-state index in [0.29, 0.717) is 5.92 Å². The summed E-state index contributed by atoms with van der Waals surface area (Å²) < 4.78 is 13.0. The number of rotatable bonds is 7. The summed E-state index contributed by atoms with van der Waals surface area (Å²) in [6.45, 7) is 6.37. The maximum atomic E-state index is 13.0. The molecule has 0 saturated heterocycles. The predicted octanol–water partition coefficient (Wildman–Crippen LogP) is 4.22. The van der Waals surface area contributed by atoms with Crippen molar-refractivity contribution in [2.75, 3.05) is 0 Å². The molecule has 0 spiro atoms. The molecular weight excluding hydrogens is 225 g/mol. The maximum Gasteiger partial charge on any atom is 0.123 e. The molecule has 1 aromatic rings. The molecule has 2 heteroatoms. The molecule has 0 amide bonds. The van der Waals surface area contributed by atoms with Crippen LogP contribution < -0.4 is 5.73 Å². The Morgan fingerprint density at radius 1 is 1.28 bits per heavy atom. The molecule has 0 aliphatic heterocycles. The van der Waals surface area contributed by atoms with Crippen molar-refractivity contribution >= 4 is 0 Å². The van der Waals surface area contributed by atoms with E-state index in [1.165, 1.54) is 30.9 Å². The molecule has 0 bridgehead atoms. The largest absolute Gasteiger partial charge is 0.327 e. The zero-order valence-electron chi connectivity index (χ0n) is 11.9. The molecule has 1 rings (SSSR count). The first-order chi connectivity index (χ1) is 8.58. The van der Waals surface area contributed by atoms with Gasteiger partial charge >= 0.3 is 0 Å². The molecular formula is C16H26FN. The summed E-state index contributed by atoms with van der Waals surface area (Å²) in [7, 11) is 0. The van der Waals surface area contributed by atoms with Crippen LogP contribution in [0.3, 0.4) is 0 Å². The number of hydrogen-bond acceptors (Lipinski definition) is 1. The van der Waals surface area contributed by atoms with E-state index < -0.39 is 0 Å². The Morgan fingerprint density at radius 2 is 2.00 bits per heavy atom. The fourth-order valence-electron chi connectivity index (χ4n) is 2.50. The molecule has 0 aliphatic carbocycles. The van der Waals surface area contributed by atoms with E-state index in [2.05, 4.69) is 13.8 Å². The van der Waals surface area contributed by atoms with Gasteiger partial charge in [0.2, 0.25) is 0 Å². The lowest BCUT2D eigenvalue weighted by atomic mass is 9.87. The van der Waals surface area contributed by atoms with Crippen LogP contribution in [-0.4, -0.2) is 6.04 Å². The summed E-state index contributed by atoms with van der Waals surface area (Å²) >= 11 is 0. The van der Waals surface area contributed by atoms with Crippen molar-refractivity contribution in [3.63, 3.8) is 0 Å². The smallest absolute Gasteiger partial charge is 0.123 e. The van der Waals surface area contributed by atoms with Crippen LogP contribution in [0.4, 0.5) is 4.39 Å². The molecule has 2 atom stereocenters. The van der Waals surface area contributed by atoms with Gasteiger partial charge in [-0.1, -0.05) is 39.2 Å². The van der Waals surface area contributed by atoms with Gasteiger partial charge in [0.25, 0.3) is 0 Å². The molecule has 1 nitrogen and oxygen atoms in total. The van der Waals surface area contributed by atoms with Gasteiger partial charge in [-0.2, -0.15) is 0 Å². The summed E-state index contributed by atoms with van der Waals surface area (Å²) in [6, 6.07) is 5.18. The van der Waals surface area contributed by atoms with Crippen LogP contribution in [0.1, 0.15) is 50.7 Å². The van der Waals surface area contributed by atoms with E-state index in [-0.39, 0.29) is 11.9 Å². The van der Waals surface area contributed by atoms with Gasteiger partial charge in [0.15, 0.2) is 0 Å². The monoisotopic (exact) mass is 251 g/mol. The topological polar surface area (TPSA) is 26.0 Å². The van der Waals surface area contributed by atoms with Crippen LogP contribution in [0.15, 0.2) is 18.2 Å². The molecule has 0 fully saturated rings. The van der Waals surface area contributed by atoms with E-state index in [0.717, 1.165) is 18.4 Å². The Kier molecular flexibility index (Phi) is 6.34. The van der Waals surface area contributed by atoms with E-state index in [1.54, 1.807) is 6.07 Å². The van der Waals surface area contributed by atoms with Crippen LogP contribution >= 0.6 is 0 Å². The average Bonchev–Trinajstić information content (AvgIpc) is 2.34. The minimum absolute atomic E-state index is 0.164. The fourth-order valence-corrected chi connectivity index (χ4v) is 2.50. The minimum Gasteiger partial charge on any atom is -0.327 e. The highest BCUT2D eigenvalue weighted by atomic mass is 19.1. The molecule has 0 radical (unpaired) electrons. The van der Waals surface area contributed by atoms with E-state index in [9.17, 15) is 4.39 Å². The lowest BCUT2D eigenvalue weighted by Gasteiger charge is -2.23. The molecule has 2 N–H and O–H groups in total. The van der Waals surface area contributed by atoms with E-state index in [1.807, 2.05) is 13.0 Å². The van der Waals surface area contributed by atoms with Gasteiger partial charge in [0.1, 0.15) is 5.82 Å². The molecule has 18 heavy (non-hydrogen) atoms. The molecule has 102 valence electrons. The summed E-state index contributed by atoms with van der Waals surface area (Å²) in [6.07, 6.45) is 5.65. The Bertz CT molecular complexity index is 362. The Labute approximate surface area is 111 Å². The van der Waals surface area contributed by atoms with Crippen LogP contribution in [0, 0.1) is 18.7 Å². The highest BCUT2D eigenvalue weighted by Gasteiger charge is 2.16. The van der Waals surface area contributed by atoms with Crippen molar-refractivity contribution in [2.45, 2.75) is 58.9 Å². The third-order valence-corrected chi connectivity index (χ3v) is 3.82. The molecule has 0 aliphatic rings. The minimum atomic E-state index is -0.164. The van der Waals surface area contributed by atoms with Crippen LogP contribution in [0.25, 0.3) is 0 Å². The molecule has 1 aromatic carbocycles. The zero-order valence-corrected chi connectivity index (χ0v) is 11.9. The Balaban J connectivity index is 2.64. The van der Waals surface area contributed by atoms with Gasteiger partial charge < -0.3 is 5.73 Å². The SMILES string of the molecule is CCCCC(CC)C(N)Cc1ccc(F)cc1C. The highest BCUT2D eigenvalue weighted by Crippen LogP contribution is 2.20. The summed E-state index contributed by atoms with van der Waals surface area (Å²) in [4.78, 5) is 0. The van der Waals surface area contributed by atoms with Crippen LogP contribution in [0.5, 0.6) is 0 Å². The third kappa shape index (κ3) is 4.41.